The van der Waals surface area contributed by atoms with Gasteiger partial charge in [0.15, 0.2) is 11.5 Å². The van der Waals surface area contributed by atoms with Gasteiger partial charge >= 0.3 is 0 Å². The van der Waals surface area contributed by atoms with Gasteiger partial charge in [-0.15, -0.1) is 0 Å². The molecule has 4 heteroatoms. The van der Waals surface area contributed by atoms with Crippen LogP contribution in [-0.4, -0.2) is 24.7 Å². The first kappa shape index (κ1) is 17.8. The van der Waals surface area contributed by atoms with Crippen LogP contribution in [0.15, 0.2) is 47.5 Å². The number of fused-ring (bicyclic) bond motifs is 1. The van der Waals surface area contributed by atoms with E-state index in [1.807, 2.05) is 25.1 Å². The van der Waals surface area contributed by atoms with Crippen molar-refractivity contribution in [2.24, 2.45) is 10.9 Å². The van der Waals surface area contributed by atoms with Crippen LogP contribution >= 0.6 is 0 Å². The summed E-state index contributed by atoms with van der Waals surface area (Å²) in [7, 11) is 1.65. The minimum absolute atomic E-state index is 0.0884. The van der Waals surface area contributed by atoms with Crippen LogP contribution in [0.2, 0.25) is 0 Å². The molecular weight excluding hydrogens is 338 g/mol. The van der Waals surface area contributed by atoms with Gasteiger partial charge in [-0.25, -0.2) is 0 Å². The quantitative estimate of drug-likeness (QED) is 0.791. The highest BCUT2D eigenvalue weighted by Gasteiger charge is 2.25. The van der Waals surface area contributed by atoms with Gasteiger partial charge in [0, 0.05) is 31.0 Å². The Balaban J connectivity index is 1.56. The van der Waals surface area contributed by atoms with Crippen molar-refractivity contribution >= 4 is 17.2 Å². The average Bonchev–Trinajstić information content (AvgIpc) is 3.08. The van der Waals surface area contributed by atoms with Crippen molar-refractivity contribution in [3.63, 3.8) is 0 Å². The van der Waals surface area contributed by atoms with E-state index in [1.165, 1.54) is 11.1 Å². The topological polar surface area (TPSA) is 47.9 Å². The summed E-state index contributed by atoms with van der Waals surface area (Å²) in [5.74, 6) is 1.62. The number of methoxy groups -OCH3 is 1. The zero-order valence-corrected chi connectivity index (χ0v) is 15.9. The molecule has 0 spiro atoms. The standard InChI is InChI=1S/C23H25NO3/c1-15-20(8-5-9-21(15)25)24-18-10-11-22(26-2)23(14-18)27-19-12-16-6-3-4-7-17(16)13-19/h3-4,6-7,10-11,14-15,19H,5,8-9,12-13H2,1-2H3. The molecule has 27 heavy (non-hydrogen) atoms. The molecule has 0 amide bonds. The lowest BCUT2D eigenvalue weighted by Crippen LogP contribution is -2.25. The number of rotatable bonds is 4. The maximum absolute atomic E-state index is 12.0. The van der Waals surface area contributed by atoms with E-state index in [2.05, 4.69) is 24.3 Å². The molecular formula is C23H25NO3. The molecule has 1 atom stereocenters. The highest BCUT2D eigenvalue weighted by atomic mass is 16.5. The number of ether oxygens (including phenoxy) is 2. The van der Waals surface area contributed by atoms with Gasteiger partial charge in [-0.1, -0.05) is 31.2 Å². The normalized spacial score (nSPS) is 21.3. The minimum Gasteiger partial charge on any atom is -0.493 e. The van der Waals surface area contributed by atoms with Crippen molar-refractivity contribution in [1.82, 2.24) is 0 Å². The molecule has 0 saturated heterocycles. The first-order valence-electron chi connectivity index (χ1n) is 9.65. The van der Waals surface area contributed by atoms with Crippen LogP contribution in [0, 0.1) is 5.92 Å². The maximum atomic E-state index is 12.0. The Labute approximate surface area is 160 Å². The Kier molecular flexibility index (Phi) is 4.97. The van der Waals surface area contributed by atoms with Crippen molar-refractivity contribution in [3.8, 4) is 11.5 Å². The SMILES string of the molecule is COc1ccc(N=C2CCCC(=O)C2C)cc1OC1Cc2ccccc2C1. The number of carbonyl (C=O) groups excluding carboxylic acids is 1. The largest absolute Gasteiger partial charge is 0.493 e. The van der Waals surface area contributed by atoms with Crippen LogP contribution in [-0.2, 0) is 17.6 Å². The second-order valence-electron chi connectivity index (χ2n) is 7.40. The average molecular weight is 363 g/mol. The first-order valence-corrected chi connectivity index (χ1v) is 9.65. The zero-order valence-electron chi connectivity index (χ0n) is 15.9. The number of hydrogen-bond donors (Lipinski definition) is 0. The van der Waals surface area contributed by atoms with Crippen LogP contribution in [0.3, 0.4) is 0 Å². The van der Waals surface area contributed by atoms with Gasteiger partial charge in [-0.2, -0.15) is 0 Å². The molecule has 2 aliphatic carbocycles. The Morgan fingerprint density at radius 3 is 2.44 bits per heavy atom. The summed E-state index contributed by atoms with van der Waals surface area (Å²) in [5, 5.41) is 0. The van der Waals surface area contributed by atoms with Gasteiger partial charge in [-0.05, 0) is 36.1 Å². The lowest BCUT2D eigenvalue weighted by Gasteiger charge is -2.20. The zero-order chi connectivity index (χ0) is 18.8. The lowest BCUT2D eigenvalue weighted by atomic mass is 9.87. The number of aliphatic imine (C=N–C) groups is 1. The van der Waals surface area contributed by atoms with Crippen molar-refractivity contribution < 1.29 is 14.3 Å². The third-order valence-corrected chi connectivity index (χ3v) is 5.57. The Bertz CT molecular complexity index is 862. The minimum atomic E-state index is -0.0884. The molecule has 0 N–H and O–H groups in total. The van der Waals surface area contributed by atoms with E-state index in [0.29, 0.717) is 17.9 Å². The highest BCUT2D eigenvalue weighted by Crippen LogP contribution is 2.35. The summed E-state index contributed by atoms with van der Waals surface area (Å²) >= 11 is 0. The predicted octanol–water partition coefficient (Wildman–Crippen LogP) is 4.70. The van der Waals surface area contributed by atoms with Gasteiger partial charge in [0.1, 0.15) is 11.9 Å². The summed E-state index contributed by atoms with van der Waals surface area (Å²) in [4.78, 5) is 16.7. The molecule has 2 aliphatic rings. The molecule has 140 valence electrons. The second kappa shape index (κ2) is 7.55. The van der Waals surface area contributed by atoms with Crippen molar-refractivity contribution in [3.05, 3.63) is 53.6 Å². The molecule has 1 fully saturated rings. The fourth-order valence-corrected chi connectivity index (χ4v) is 3.99. The maximum Gasteiger partial charge on any atom is 0.163 e. The monoisotopic (exact) mass is 363 g/mol. The van der Waals surface area contributed by atoms with E-state index in [0.717, 1.165) is 37.1 Å². The van der Waals surface area contributed by atoms with Crippen LogP contribution in [0.1, 0.15) is 37.3 Å². The highest BCUT2D eigenvalue weighted by molar-refractivity contribution is 6.07. The number of carbonyl (C=O) groups is 1. The number of hydrogen-bond acceptors (Lipinski definition) is 4. The summed E-state index contributed by atoms with van der Waals surface area (Å²) in [5.41, 5.74) is 4.49. The molecule has 2 aromatic rings. The van der Waals surface area contributed by atoms with E-state index < -0.39 is 0 Å². The molecule has 1 saturated carbocycles. The fraction of sp³-hybridized carbons (Fsp3) is 0.391. The van der Waals surface area contributed by atoms with E-state index >= 15 is 0 Å². The molecule has 0 aliphatic heterocycles. The van der Waals surface area contributed by atoms with Gasteiger partial charge in [0.05, 0.1) is 18.7 Å². The summed E-state index contributed by atoms with van der Waals surface area (Å²) in [6, 6.07) is 14.2. The molecule has 0 radical (unpaired) electrons. The lowest BCUT2D eigenvalue weighted by molar-refractivity contribution is -0.121. The van der Waals surface area contributed by atoms with Crippen LogP contribution in [0.5, 0.6) is 11.5 Å². The van der Waals surface area contributed by atoms with Crippen LogP contribution in [0.4, 0.5) is 5.69 Å². The third-order valence-electron chi connectivity index (χ3n) is 5.57. The van der Waals surface area contributed by atoms with Crippen LogP contribution < -0.4 is 9.47 Å². The smallest absolute Gasteiger partial charge is 0.163 e. The molecule has 0 bridgehead atoms. The van der Waals surface area contributed by atoms with Crippen molar-refractivity contribution in [2.45, 2.75) is 45.1 Å². The Morgan fingerprint density at radius 2 is 1.74 bits per heavy atom. The fourth-order valence-electron chi connectivity index (χ4n) is 3.99. The van der Waals surface area contributed by atoms with Crippen molar-refractivity contribution in [1.29, 1.82) is 0 Å². The predicted molar refractivity (Wildman–Crippen MR) is 106 cm³/mol. The second-order valence-corrected chi connectivity index (χ2v) is 7.40. The van der Waals surface area contributed by atoms with Gasteiger partial charge in [0.25, 0.3) is 0 Å². The van der Waals surface area contributed by atoms with Crippen LogP contribution in [0.25, 0.3) is 0 Å². The van der Waals surface area contributed by atoms with Crippen molar-refractivity contribution in [2.75, 3.05) is 7.11 Å². The number of Topliss-reactive ketones (excluding diaryl/α,β-unsaturated/α-hetero) is 1. The van der Waals surface area contributed by atoms with E-state index in [9.17, 15) is 4.79 Å². The molecule has 0 aromatic heterocycles. The molecule has 1 unspecified atom stereocenters. The Morgan fingerprint density at radius 1 is 1.00 bits per heavy atom. The summed E-state index contributed by atoms with van der Waals surface area (Å²) in [6.45, 7) is 1.96. The van der Waals surface area contributed by atoms with E-state index in [1.54, 1.807) is 7.11 Å². The molecule has 2 aromatic carbocycles. The number of ketones is 1. The summed E-state index contributed by atoms with van der Waals surface area (Å²) in [6.07, 6.45) is 4.36. The van der Waals surface area contributed by atoms with E-state index in [-0.39, 0.29) is 17.8 Å². The van der Waals surface area contributed by atoms with Gasteiger partial charge in [-0.3, -0.25) is 9.79 Å². The first-order chi connectivity index (χ1) is 13.1. The summed E-state index contributed by atoms with van der Waals surface area (Å²) < 4.78 is 11.8. The van der Waals surface area contributed by atoms with Gasteiger partial charge < -0.3 is 9.47 Å². The Hall–Kier alpha value is -2.62. The molecule has 0 heterocycles. The van der Waals surface area contributed by atoms with Gasteiger partial charge in [0.2, 0.25) is 0 Å². The number of nitrogens with zero attached hydrogens (tertiary/aromatic N) is 1. The van der Waals surface area contributed by atoms with E-state index in [4.69, 9.17) is 14.5 Å². The number of benzene rings is 2. The molecule has 4 nitrogen and oxygen atoms in total. The third kappa shape index (κ3) is 3.75. The molecule has 4 rings (SSSR count).